The van der Waals surface area contributed by atoms with Crippen molar-refractivity contribution in [3.05, 3.63) is 40.6 Å². The molecule has 0 unspecified atom stereocenters. The molecule has 2 aromatic heterocycles. The molecule has 0 aliphatic heterocycles. The van der Waals surface area contributed by atoms with Crippen molar-refractivity contribution < 1.29 is 9.34 Å². The number of hydrogen-bond acceptors (Lipinski definition) is 7. The maximum atomic E-state index is 11.2. The Morgan fingerprint density at radius 3 is 2.75 bits per heavy atom. The van der Waals surface area contributed by atoms with Gasteiger partial charge < -0.3 is 15.1 Å². The van der Waals surface area contributed by atoms with Crippen LogP contribution in [0.1, 0.15) is 19.6 Å². The van der Waals surface area contributed by atoms with Crippen LogP contribution in [0.3, 0.4) is 0 Å². The normalized spacial score (nSPS) is 10.6. The smallest absolute Gasteiger partial charge is 0.353 e. The summed E-state index contributed by atoms with van der Waals surface area (Å²) in [6.07, 6.45) is 2.82. The van der Waals surface area contributed by atoms with Crippen molar-refractivity contribution in [2.75, 3.05) is 10.6 Å². The van der Waals surface area contributed by atoms with Crippen LogP contribution in [0, 0.1) is 10.1 Å². The predicted molar refractivity (Wildman–Crippen MR) is 73.5 cm³/mol. The van der Waals surface area contributed by atoms with E-state index < -0.39 is 4.92 Å². The summed E-state index contributed by atoms with van der Waals surface area (Å²) >= 11 is 0. The predicted octanol–water partition coefficient (Wildman–Crippen LogP) is 2.41. The van der Waals surface area contributed by atoms with Gasteiger partial charge >= 0.3 is 5.69 Å². The lowest BCUT2D eigenvalue weighted by Crippen LogP contribution is -2.14. The van der Waals surface area contributed by atoms with Crippen molar-refractivity contribution in [3.8, 4) is 0 Å². The van der Waals surface area contributed by atoms with Gasteiger partial charge in [-0.3, -0.25) is 10.1 Å². The molecule has 0 aromatic carbocycles. The Morgan fingerprint density at radius 2 is 2.15 bits per heavy atom. The Labute approximate surface area is 115 Å². The van der Waals surface area contributed by atoms with Crippen LogP contribution in [0.5, 0.6) is 0 Å². The first-order chi connectivity index (χ1) is 9.58. The Morgan fingerprint density at radius 1 is 1.40 bits per heavy atom. The van der Waals surface area contributed by atoms with Gasteiger partial charge in [0.2, 0.25) is 11.6 Å². The lowest BCUT2D eigenvalue weighted by atomic mass is 10.3. The first-order valence-corrected chi connectivity index (χ1v) is 6.10. The molecule has 0 amide bonds. The zero-order valence-electron chi connectivity index (χ0n) is 11.2. The lowest BCUT2D eigenvalue weighted by molar-refractivity contribution is -0.383. The second-order valence-corrected chi connectivity index (χ2v) is 4.41. The third kappa shape index (κ3) is 3.22. The Bertz CT molecular complexity index is 583. The quantitative estimate of drug-likeness (QED) is 0.616. The second kappa shape index (κ2) is 6.00. The summed E-state index contributed by atoms with van der Waals surface area (Å²) in [5, 5.41) is 17.0. The van der Waals surface area contributed by atoms with E-state index >= 15 is 0 Å². The highest BCUT2D eigenvalue weighted by atomic mass is 16.6. The third-order valence-corrected chi connectivity index (χ3v) is 2.44. The fraction of sp³-hybridized carbons (Fsp3) is 0.333. The minimum Gasteiger partial charge on any atom is -0.467 e. The molecule has 8 nitrogen and oxygen atoms in total. The number of hydrogen-bond donors (Lipinski definition) is 2. The first kappa shape index (κ1) is 13.8. The zero-order chi connectivity index (χ0) is 14.5. The van der Waals surface area contributed by atoms with Gasteiger partial charge in [-0.25, -0.2) is 9.97 Å². The summed E-state index contributed by atoms with van der Waals surface area (Å²) in [6, 6.07) is 3.55. The average molecular weight is 277 g/mol. The number of nitrogens with one attached hydrogen (secondary N) is 2. The monoisotopic (exact) mass is 277 g/mol. The number of anilines is 2. The highest BCUT2D eigenvalue weighted by Crippen LogP contribution is 2.29. The van der Waals surface area contributed by atoms with Crippen molar-refractivity contribution in [2.24, 2.45) is 0 Å². The SMILES string of the molecule is CC(C)Nc1ncnc(NCc2ccco2)c1[N+](=O)[O-]. The molecule has 0 spiro atoms. The molecule has 0 saturated heterocycles. The van der Waals surface area contributed by atoms with Crippen LogP contribution in [0.2, 0.25) is 0 Å². The highest BCUT2D eigenvalue weighted by Gasteiger charge is 2.23. The minimum atomic E-state index is -0.505. The molecule has 8 heteroatoms. The summed E-state index contributed by atoms with van der Waals surface area (Å²) in [5.74, 6) is 1.02. The van der Waals surface area contributed by atoms with Crippen molar-refractivity contribution >= 4 is 17.3 Å². The summed E-state index contributed by atoms with van der Waals surface area (Å²) in [6.45, 7) is 4.07. The van der Waals surface area contributed by atoms with E-state index in [0.29, 0.717) is 12.3 Å². The van der Waals surface area contributed by atoms with Crippen LogP contribution in [-0.4, -0.2) is 20.9 Å². The van der Waals surface area contributed by atoms with Crippen molar-refractivity contribution in [1.29, 1.82) is 0 Å². The zero-order valence-corrected chi connectivity index (χ0v) is 11.2. The van der Waals surface area contributed by atoms with Crippen LogP contribution in [0.25, 0.3) is 0 Å². The fourth-order valence-electron chi connectivity index (χ4n) is 1.64. The third-order valence-electron chi connectivity index (χ3n) is 2.44. The summed E-state index contributed by atoms with van der Waals surface area (Å²) < 4.78 is 5.16. The molecule has 0 saturated carbocycles. The highest BCUT2D eigenvalue weighted by molar-refractivity contribution is 5.69. The number of nitro groups is 1. The largest absolute Gasteiger partial charge is 0.467 e. The summed E-state index contributed by atoms with van der Waals surface area (Å²) in [5.41, 5.74) is -0.173. The standard InChI is InChI=1S/C12H15N5O3/c1-8(2)16-12-10(17(18)19)11(14-7-15-12)13-6-9-4-3-5-20-9/h3-5,7-8H,6H2,1-2H3,(H2,13,14,15,16). The molecule has 0 atom stereocenters. The lowest BCUT2D eigenvalue weighted by Gasteiger charge is -2.11. The number of nitrogens with zero attached hydrogens (tertiary/aromatic N) is 3. The molecule has 0 aliphatic rings. The van der Waals surface area contributed by atoms with E-state index in [1.54, 1.807) is 12.1 Å². The van der Waals surface area contributed by atoms with Gasteiger partial charge in [0.25, 0.3) is 0 Å². The molecule has 2 heterocycles. The maximum Gasteiger partial charge on any atom is 0.353 e. The van der Waals surface area contributed by atoms with Crippen LogP contribution >= 0.6 is 0 Å². The first-order valence-electron chi connectivity index (χ1n) is 6.10. The van der Waals surface area contributed by atoms with Gasteiger partial charge in [-0.15, -0.1) is 0 Å². The summed E-state index contributed by atoms with van der Waals surface area (Å²) in [4.78, 5) is 18.5. The molecule has 0 radical (unpaired) electrons. The van der Waals surface area contributed by atoms with Crippen molar-refractivity contribution in [1.82, 2.24) is 9.97 Å². The topological polar surface area (TPSA) is 106 Å². The van der Waals surface area contributed by atoms with E-state index in [2.05, 4.69) is 20.6 Å². The van der Waals surface area contributed by atoms with Crippen LogP contribution in [-0.2, 0) is 6.54 Å². The van der Waals surface area contributed by atoms with Gasteiger partial charge in [-0.1, -0.05) is 0 Å². The molecule has 2 aromatic rings. The number of rotatable bonds is 6. The van der Waals surface area contributed by atoms with Gasteiger partial charge in [0.1, 0.15) is 12.1 Å². The van der Waals surface area contributed by atoms with E-state index in [0.717, 1.165) is 0 Å². The van der Waals surface area contributed by atoms with Crippen LogP contribution in [0.15, 0.2) is 29.1 Å². The maximum absolute atomic E-state index is 11.2. The molecule has 20 heavy (non-hydrogen) atoms. The molecular weight excluding hydrogens is 262 g/mol. The number of furan rings is 1. The van der Waals surface area contributed by atoms with Gasteiger partial charge in [0.05, 0.1) is 17.7 Å². The molecule has 0 fully saturated rings. The van der Waals surface area contributed by atoms with E-state index in [-0.39, 0.29) is 23.4 Å². The molecule has 106 valence electrons. The van der Waals surface area contributed by atoms with E-state index in [4.69, 9.17) is 4.42 Å². The fourth-order valence-corrected chi connectivity index (χ4v) is 1.64. The average Bonchev–Trinajstić information content (AvgIpc) is 2.88. The Kier molecular flexibility index (Phi) is 4.14. The second-order valence-electron chi connectivity index (χ2n) is 4.41. The molecule has 0 bridgehead atoms. The number of aromatic nitrogens is 2. The summed E-state index contributed by atoms with van der Waals surface area (Å²) in [7, 11) is 0. The van der Waals surface area contributed by atoms with E-state index in [1.165, 1.54) is 12.6 Å². The van der Waals surface area contributed by atoms with Gasteiger partial charge in [-0.05, 0) is 26.0 Å². The van der Waals surface area contributed by atoms with E-state index in [1.807, 2.05) is 13.8 Å². The Balaban J connectivity index is 2.24. The van der Waals surface area contributed by atoms with Crippen molar-refractivity contribution in [3.63, 3.8) is 0 Å². The minimum absolute atomic E-state index is 0.0292. The molecular formula is C12H15N5O3. The van der Waals surface area contributed by atoms with Crippen molar-refractivity contribution in [2.45, 2.75) is 26.4 Å². The molecule has 0 aliphatic carbocycles. The Hall–Kier alpha value is -2.64. The van der Waals surface area contributed by atoms with Gasteiger partial charge in [0.15, 0.2) is 0 Å². The van der Waals surface area contributed by atoms with Gasteiger partial charge in [-0.2, -0.15) is 0 Å². The molecule has 2 rings (SSSR count). The van der Waals surface area contributed by atoms with E-state index in [9.17, 15) is 10.1 Å². The van der Waals surface area contributed by atoms with Gasteiger partial charge in [0, 0.05) is 6.04 Å². The van der Waals surface area contributed by atoms with Crippen LogP contribution < -0.4 is 10.6 Å². The molecule has 2 N–H and O–H groups in total. The van der Waals surface area contributed by atoms with Crippen LogP contribution in [0.4, 0.5) is 17.3 Å².